The largest absolute Gasteiger partial charge is 0.464 e. The van der Waals surface area contributed by atoms with Crippen LogP contribution in [-0.4, -0.2) is 35.9 Å². The number of rotatable bonds is 4. The Kier molecular flexibility index (Phi) is 5.26. The zero-order chi connectivity index (χ0) is 17.1. The van der Waals surface area contributed by atoms with Crippen LogP contribution in [0.5, 0.6) is 0 Å². The van der Waals surface area contributed by atoms with Crippen LogP contribution in [0.1, 0.15) is 37.7 Å². The molecule has 1 heterocycles. The second-order valence-electron chi connectivity index (χ2n) is 5.39. The molecule has 0 aliphatic rings. The van der Waals surface area contributed by atoms with Crippen LogP contribution in [0, 0.1) is 13.8 Å². The van der Waals surface area contributed by atoms with Gasteiger partial charge in [0.25, 0.3) is 5.91 Å². The van der Waals surface area contributed by atoms with Crippen LogP contribution >= 0.6 is 15.9 Å². The Morgan fingerprint density at radius 3 is 2.39 bits per heavy atom. The van der Waals surface area contributed by atoms with Gasteiger partial charge in [0.2, 0.25) is 0 Å². The smallest absolute Gasteiger partial charge is 0.354 e. The molecular formula is C17H19BrN2O3. The van der Waals surface area contributed by atoms with Gasteiger partial charge in [0.15, 0.2) is 0 Å². The number of carbonyl (C=O) groups is 2. The first-order valence-electron chi connectivity index (χ1n) is 7.12. The summed E-state index contributed by atoms with van der Waals surface area (Å²) < 4.78 is 5.69. The number of aromatic amines is 1. The summed E-state index contributed by atoms with van der Waals surface area (Å²) in [5.74, 6) is -0.476. The summed E-state index contributed by atoms with van der Waals surface area (Å²) in [6.07, 6.45) is 0. The Balaban J connectivity index is 2.21. The molecule has 1 aromatic carbocycles. The average Bonchev–Trinajstić information content (AvgIpc) is 2.82. The minimum atomic E-state index is -0.404. The highest BCUT2D eigenvalue weighted by Gasteiger charge is 2.20. The van der Waals surface area contributed by atoms with Gasteiger partial charge >= 0.3 is 5.97 Å². The van der Waals surface area contributed by atoms with E-state index >= 15 is 0 Å². The Morgan fingerprint density at radius 2 is 1.83 bits per heavy atom. The van der Waals surface area contributed by atoms with Gasteiger partial charge in [0.1, 0.15) is 5.69 Å². The Morgan fingerprint density at radius 1 is 1.22 bits per heavy atom. The number of carbonyl (C=O) groups excluding carboxylic acids is 2. The first kappa shape index (κ1) is 17.3. The van der Waals surface area contributed by atoms with E-state index in [1.165, 1.54) is 7.11 Å². The maximum Gasteiger partial charge on any atom is 0.354 e. The average molecular weight is 379 g/mol. The fourth-order valence-corrected chi connectivity index (χ4v) is 2.72. The quantitative estimate of drug-likeness (QED) is 0.828. The molecule has 1 aromatic heterocycles. The zero-order valence-corrected chi connectivity index (χ0v) is 15.2. The maximum absolute atomic E-state index is 12.5. The highest BCUT2D eigenvalue weighted by Crippen LogP contribution is 2.21. The summed E-state index contributed by atoms with van der Waals surface area (Å²) in [5, 5.41) is 0. The van der Waals surface area contributed by atoms with Crippen LogP contribution in [0.15, 0.2) is 28.7 Å². The summed E-state index contributed by atoms with van der Waals surface area (Å²) in [4.78, 5) is 28.9. The lowest BCUT2D eigenvalue weighted by Gasteiger charge is -2.18. The number of aryl methyl sites for hydroxylation is 1. The number of H-pyrrole nitrogens is 1. The summed E-state index contributed by atoms with van der Waals surface area (Å²) in [6, 6.07) is 7.23. The monoisotopic (exact) mass is 378 g/mol. The molecule has 1 N–H and O–H groups in total. The second-order valence-corrected chi connectivity index (χ2v) is 6.30. The Bertz CT molecular complexity index is 735. The predicted octanol–water partition coefficient (Wildman–Crippen LogP) is 3.45. The number of hydrogen-bond donors (Lipinski definition) is 1. The summed E-state index contributed by atoms with van der Waals surface area (Å²) in [6.45, 7) is 4.15. The lowest BCUT2D eigenvalue weighted by molar-refractivity contribution is 0.0593. The standard InChI is InChI=1S/C17H19BrN2O3/c1-10-14(11(2)19-15(10)17(22)23-4)9-20(3)16(21)12-5-7-13(18)8-6-12/h5-8,19H,9H2,1-4H3. The van der Waals surface area contributed by atoms with E-state index in [0.717, 1.165) is 21.3 Å². The zero-order valence-electron chi connectivity index (χ0n) is 13.6. The van der Waals surface area contributed by atoms with E-state index in [1.807, 2.05) is 26.0 Å². The molecule has 0 saturated heterocycles. The number of halogens is 1. The molecule has 6 heteroatoms. The van der Waals surface area contributed by atoms with Gasteiger partial charge in [0, 0.05) is 29.3 Å². The first-order chi connectivity index (χ1) is 10.8. The van der Waals surface area contributed by atoms with Crippen molar-refractivity contribution >= 4 is 27.8 Å². The highest BCUT2D eigenvalue weighted by atomic mass is 79.9. The van der Waals surface area contributed by atoms with E-state index in [-0.39, 0.29) is 5.91 Å². The van der Waals surface area contributed by atoms with Crippen molar-refractivity contribution < 1.29 is 14.3 Å². The van der Waals surface area contributed by atoms with Gasteiger partial charge in [-0.1, -0.05) is 15.9 Å². The van der Waals surface area contributed by atoms with Crippen LogP contribution in [0.4, 0.5) is 0 Å². The molecular weight excluding hydrogens is 360 g/mol. The van der Waals surface area contributed by atoms with Crippen LogP contribution in [0.2, 0.25) is 0 Å². The summed E-state index contributed by atoms with van der Waals surface area (Å²) in [7, 11) is 3.09. The number of amides is 1. The number of nitrogens with zero attached hydrogens (tertiary/aromatic N) is 1. The molecule has 0 aliphatic carbocycles. The topological polar surface area (TPSA) is 62.4 Å². The number of methoxy groups -OCH3 is 1. The van der Waals surface area contributed by atoms with E-state index in [0.29, 0.717) is 17.8 Å². The van der Waals surface area contributed by atoms with Crippen molar-refractivity contribution in [3.8, 4) is 0 Å². The number of esters is 1. The highest BCUT2D eigenvalue weighted by molar-refractivity contribution is 9.10. The predicted molar refractivity (Wildman–Crippen MR) is 91.5 cm³/mol. The van der Waals surface area contributed by atoms with Crippen molar-refractivity contribution in [2.75, 3.05) is 14.2 Å². The molecule has 2 aromatic rings. The number of hydrogen-bond acceptors (Lipinski definition) is 3. The Labute approximate surface area is 143 Å². The molecule has 0 radical (unpaired) electrons. The lowest BCUT2D eigenvalue weighted by Crippen LogP contribution is -2.26. The summed E-state index contributed by atoms with van der Waals surface area (Å²) in [5.41, 5.74) is 3.65. The molecule has 5 nitrogen and oxygen atoms in total. The molecule has 0 aliphatic heterocycles. The third-order valence-corrected chi connectivity index (χ3v) is 4.34. The van der Waals surface area contributed by atoms with Crippen molar-refractivity contribution in [3.63, 3.8) is 0 Å². The molecule has 2 rings (SSSR count). The van der Waals surface area contributed by atoms with Crippen LogP contribution in [0.3, 0.4) is 0 Å². The van der Waals surface area contributed by atoms with Gasteiger partial charge in [0.05, 0.1) is 7.11 Å². The van der Waals surface area contributed by atoms with E-state index < -0.39 is 5.97 Å². The minimum Gasteiger partial charge on any atom is -0.464 e. The molecule has 0 saturated carbocycles. The van der Waals surface area contributed by atoms with E-state index in [1.54, 1.807) is 24.1 Å². The molecule has 0 unspecified atom stereocenters. The third-order valence-electron chi connectivity index (χ3n) is 3.82. The van der Waals surface area contributed by atoms with Crippen LogP contribution < -0.4 is 0 Å². The normalized spacial score (nSPS) is 10.5. The van der Waals surface area contributed by atoms with E-state index in [9.17, 15) is 9.59 Å². The van der Waals surface area contributed by atoms with E-state index in [4.69, 9.17) is 4.74 Å². The fourth-order valence-electron chi connectivity index (χ4n) is 2.45. The van der Waals surface area contributed by atoms with E-state index in [2.05, 4.69) is 20.9 Å². The molecule has 0 spiro atoms. The van der Waals surface area contributed by atoms with Gasteiger partial charge < -0.3 is 14.6 Å². The minimum absolute atomic E-state index is 0.0721. The maximum atomic E-state index is 12.5. The Hall–Kier alpha value is -2.08. The SMILES string of the molecule is COC(=O)c1[nH]c(C)c(CN(C)C(=O)c2ccc(Br)cc2)c1C. The van der Waals surface area contributed by atoms with Gasteiger partial charge in [-0.25, -0.2) is 4.79 Å². The second kappa shape index (κ2) is 7.00. The van der Waals surface area contributed by atoms with Gasteiger partial charge in [-0.3, -0.25) is 4.79 Å². The van der Waals surface area contributed by atoms with Crippen molar-refractivity contribution in [1.82, 2.24) is 9.88 Å². The lowest BCUT2D eigenvalue weighted by atomic mass is 10.1. The van der Waals surface area contributed by atoms with Crippen molar-refractivity contribution in [3.05, 3.63) is 56.8 Å². The van der Waals surface area contributed by atoms with Gasteiger partial charge in [-0.15, -0.1) is 0 Å². The fraction of sp³-hybridized carbons (Fsp3) is 0.294. The molecule has 0 fully saturated rings. The van der Waals surface area contributed by atoms with Crippen molar-refractivity contribution in [2.24, 2.45) is 0 Å². The first-order valence-corrected chi connectivity index (χ1v) is 7.91. The molecule has 0 atom stereocenters. The van der Waals surface area contributed by atoms with Crippen LogP contribution in [0.25, 0.3) is 0 Å². The molecule has 1 amide bonds. The number of benzene rings is 1. The van der Waals surface area contributed by atoms with Crippen molar-refractivity contribution in [1.29, 1.82) is 0 Å². The molecule has 122 valence electrons. The molecule has 0 bridgehead atoms. The molecule has 23 heavy (non-hydrogen) atoms. The number of nitrogens with one attached hydrogen (secondary N) is 1. The van der Waals surface area contributed by atoms with Gasteiger partial charge in [-0.2, -0.15) is 0 Å². The third kappa shape index (κ3) is 3.64. The van der Waals surface area contributed by atoms with Gasteiger partial charge in [-0.05, 0) is 49.2 Å². The van der Waals surface area contributed by atoms with Crippen molar-refractivity contribution in [2.45, 2.75) is 20.4 Å². The van der Waals surface area contributed by atoms with Crippen LogP contribution in [-0.2, 0) is 11.3 Å². The number of aromatic nitrogens is 1. The summed E-state index contributed by atoms with van der Waals surface area (Å²) >= 11 is 3.35. The number of ether oxygens (including phenoxy) is 1.